The van der Waals surface area contributed by atoms with Crippen LogP contribution in [0.25, 0.3) is 0 Å². The molecule has 0 unspecified atom stereocenters. The molecule has 0 saturated heterocycles. The first kappa shape index (κ1) is 8.84. The van der Waals surface area contributed by atoms with Gasteiger partial charge in [-0.05, 0) is 25.5 Å². The van der Waals surface area contributed by atoms with Crippen LogP contribution in [0.1, 0.15) is 24.6 Å². The molecule has 3 heteroatoms. The van der Waals surface area contributed by atoms with Crippen LogP contribution < -0.4 is 5.43 Å². The molecule has 3 nitrogen and oxygen atoms in total. The summed E-state index contributed by atoms with van der Waals surface area (Å²) >= 11 is 0. The fourth-order valence-corrected chi connectivity index (χ4v) is 0.943. The Morgan fingerprint density at radius 3 is 2.67 bits per heavy atom. The molecule has 1 rings (SSSR count). The van der Waals surface area contributed by atoms with E-state index >= 15 is 0 Å². The van der Waals surface area contributed by atoms with E-state index in [0.29, 0.717) is 6.42 Å². The monoisotopic (exact) mass is 166 g/mol. The van der Waals surface area contributed by atoms with Crippen LogP contribution in [0.3, 0.4) is 0 Å². The summed E-state index contributed by atoms with van der Waals surface area (Å²) in [4.78, 5) is 11.0. The highest BCUT2D eigenvalue weighted by Crippen LogP contribution is 2.05. The van der Waals surface area contributed by atoms with Gasteiger partial charge in [0, 0.05) is 18.3 Å². The van der Waals surface area contributed by atoms with E-state index in [1.54, 1.807) is 4.68 Å². The summed E-state index contributed by atoms with van der Waals surface area (Å²) in [5.41, 5.74) is 5.03. The Balaban J connectivity index is 2.76. The molecule has 0 aliphatic heterocycles. The zero-order valence-electron chi connectivity index (χ0n) is 7.72. The molecule has 1 N–H and O–H groups in total. The number of hydrogen-bond acceptors (Lipinski definition) is 1. The van der Waals surface area contributed by atoms with Gasteiger partial charge in [-0.1, -0.05) is 6.92 Å². The number of aryl methyl sites for hydroxylation is 1. The maximum atomic E-state index is 11.0. The molecule has 0 fully saturated rings. The largest absolute Gasteiger partial charge is 0.273 e. The number of carbonyl (C=O) groups is 1. The van der Waals surface area contributed by atoms with Gasteiger partial charge in [0.15, 0.2) is 0 Å². The lowest BCUT2D eigenvalue weighted by Gasteiger charge is -2.07. The van der Waals surface area contributed by atoms with E-state index in [1.165, 1.54) is 5.56 Å². The molecule has 1 aromatic heterocycles. The van der Waals surface area contributed by atoms with Crippen molar-refractivity contribution in [1.29, 1.82) is 0 Å². The van der Waals surface area contributed by atoms with Gasteiger partial charge in [0.1, 0.15) is 0 Å². The molecule has 0 saturated carbocycles. The minimum atomic E-state index is 0.0358. The van der Waals surface area contributed by atoms with Gasteiger partial charge >= 0.3 is 0 Å². The second-order valence-electron chi connectivity index (χ2n) is 2.84. The van der Waals surface area contributed by atoms with E-state index in [-0.39, 0.29) is 5.91 Å². The fraction of sp³-hybridized carbons (Fsp3) is 0.444. The summed E-state index contributed by atoms with van der Waals surface area (Å²) in [5, 5.41) is 0. The van der Waals surface area contributed by atoms with Crippen molar-refractivity contribution in [2.45, 2.75) is 27.2 Å². The Bertz CT molecular complexity index is 289. The van der Waals surface area contributed by atoms with Gasteiger partial charge in [0.05, 0.1) is 0 Å². The Hall–Kier alpha value is -1.25. The Morgan fingerprint density at radius 2 is 2.25 bits per heavy atom. The third-order valence-corrected chi connectivity index (χ3v) is 1.97. The molecule has 0 aliphatic carbocycles. The smallest absolute Gasteiger partial charge is 0.238 e. The Morgan fingerprint density at radius 1 is 1.58 bits per heavy atom. The summed E-state index contributed by atoms with van der Waals surface area (Å²) in [5.74, 6) is 0.0358. The minimum Gasteiger partial charge on any atom is -0.273 e. The molecule has 0 aliphatic rings. The predicted octanol–water partition coefficient (Wildman–Crippen LogP) is 1.59. The van der Waals surface area contributed by atoms with Crippen LogP contribution in [0.2, 0.25) is 0 Å². The third-order valence-electron chi connectivity index (χ3n) is 1.97. The van der Waals surface area contributed by atoms with Gasteiger partial charge in [-0.2, -0.15) is 0 Å². The summed E-state index contributed by atoms with van der Waals surface area (Å²) in [6, 6.07) is 1.98. The van der Waals surface area contributed by atoms with E-state index in [0.717, 1.165) is 5.69 Å². The number of amides is 1. The van der Waals surface area contributed by atoms with Crippen LogP contribution >= 0.6 is 0 Å². The molecule has 1 amide bonds. The molecular formula is C9H14N2O. The molecule has 1 aromatic rings. The van der Waals surface area contributed by atoms with E-state index < -0.39 is 0 Å². The van der Waals surface area contributed by atoms with Crippen molar-refractivity contribution in [3.05, 3.63) is 23.5 Å². The molecule has 12 heavy (non-hydrogen) atoms. The van der Waals surface area contributed by atoms with Gasteiger partial charge in [0.2, 0.25) is 5.91 Å². The number of aromatic nitrogens is 1. The van der Waals surface area contributed by atoms with Gasteiger partial charge in [-0.15, -0.1) is 0 Å². The zero-order chi connectivity index (χ0) is 9.14. The first-order valence-corrected chi connectivity index (χ1v) is 4.09. The lowest BCUT2D eigenvalue weighted by molar-refractivity contribution is -0.116. The number of nitrogens with zero attached hydrogens (tertiary/aromatic N) is 1. The predicted molar refractivity (Wildman–Crippen MR) is 48.6 cm³/mol. The van der Waals surface area contributed by atoms with Crippen LogP contribution in [0.15, 0.2) is 12.3 Å². The lowest BCUT2D eigenvalue weighted by Crippen LogP contribution is -2.21. The number of carbonyl (C=O) groups excluding carboxylic acids is 1. The Labute approximate surface area is 72.4 Å². The second kappa shape index (κ2) is 3.43. The van der Waals surface area contributed by atoms with Crippen molar-refractivity contribution >= 4 is 5.91 Å². The Kier molecular flexibility index (Phi) is 2.53. The van der Waals surface area contributed by atoms with Gasteiger partial charge in [0.25, 0.3) is 0 Å². The second-order valence-corrected chi connectivity index (χ2v) is 2.84. The average molecular weight is 166 g/mol. The van der Waals surface area contributed by atoms with Crippen LogP contribution in [0.4, 0.5) is 0 Å². The highest BCUT2D eigenvalue weighted by Gasteiger charge is 2.01. The SMILES string of the molecule is CCC(=O)Nn1ccc(C)c1C. The molecule has 0 aromatic carbocycles. The maximum Gasteiger partial charge on any atom is 0.238 e. The summed E-state index contributed by atoms with van der Waals surface area (Å²) in [6.45, 7) is 5.83. The van der Waals surface area contributed by atoms with Crippen LogP contribution in [0.5, 0.6) is 0 Å². The molecule has 0 spiro atoms. The summed E-state index contributed by atoms with van der Waals surface area (Å²) in [6.07, 6.45) is 2.37. The fourth-order valence-electron chi connectivity index (χ4n) is 0.943. The minimum absolute atomic E-state index is 0.0358. The van der Waals surface area contributed by atoms with Crippen molar-refractivity contribution in [1.82, 2.24) is 4.68 Å². The first-order valence-electron chi connectivity index (χ1n) is 4.09. The zero-order valence-corrected chi connectivity index (χ0v) is 7.72. The molecule has 66 valence electrons. The van der Waals surface area contributed by atoms with Gasteiger partial charge < -0.3 is 0 Å². The van der Waals surface area contributed by atoms with Crippen LogP contribution in [0, 0.1) is 13.8 Å². The highest BCUT2D eigenvalue weighted by molar-refractivity contribution is 5.83. The quantitative estimate of drug-likeness (QED) is 0.711. The molecular weight excluding hydrogens is 152 g/mol. The maximum absolute atomic E-state index is 11.0. The van der Waals surface area contributed by atoms with Gasteiger partial charge in [-0.3, -0.25) is 14.9 Å². The lowest BCUT2D eigenvalue weighted by atomic mass is 10.3. The van der Waals surface area contributed by atoms with Gasteiger partial charge in [-0.25, -0.2) is 0 Å². The van der Waals surface area contributed by atoms with Crippen molar-refractivity contribution in [3.63, 3.8) is 0 Å². The van der Waals surface area contributed by atoms with Crippen molar-refractivity contribution in [3.8, 4) is 0 Å². The van der Waals surface area contributed by atoms with E-state index in [4.69, 9.17) is 0 Å². The normalized spacial score (nSPS) is 9.92. The number of rotatable bonds is 2. The van der Waals surface area contributed by atoms with Crippen LogP contribution in [-0.4, -0.2) is 10.6 Å². The summed E-state index contributed by atoms with van der Waals surface area (Å²) in [7, 11) is 0. The van der Waals surface area contributed by atoms with Crippen molar-refractivity contribution in [2.24, 2.45) is 0 Å². The number of hydrogen-bond donors (Lipinski definition) is 1. The first-order chi connectivity index (χ1) is 5.65. The van der Waals surface area contributed by atoms with Crippen molar-refractivity contribution in [2.75, 3.05) is 5.43 Å². The van der Waals surface area contributed by atoms with Crippen molar-refractivity contribution < 1.29 is 4.79 Å². The molecule has 1 heterocycles. The highest BCUT2D eigenvalue weighted by atomic mass is 16.2. The van der Waals surface area contributed by atoms with E-state index in [2.05, 4.69) is 5.43 Å². The average Bonchev–Trinajstić information content (AvgIpc) is 2.36. The summed E-state index contributed by atoms with van der Waals surface area (Å²) < 4.78 is 1.75. The molecule has 0 atom stereocenters. The van der Waals surface area contributed by atoms with E-state index in [1.807, 2.05) is 33.0 Å². The molecule has 0 bridgehead atoms. The topological polar surface area (TPSA) is 34.0 Å². The third kappa shape index (κ3) is 1.67. The standard InChI is InChI=1S/C9H14N2O/c1-4-9(12)10-11-6-5-7(2)8(11)3/h5-6H,4H2,1-3H3,(H,10,12). The van der Waals surface area contributed by atoms with Crippen LogP contribution in [-0.2, 0) is 4.79 Å². The number of nitrogens with one attached hydrogen (secondary N) is 1. The van der Waals surface area contributed by atoms with E-state index in [9.17, 15) is 4.79 Å². The molecule has 0 radical (unpaired) electrons.